The van der Waals surface area contributed by atoms with Crippen molar-refractivity contribution in [2.45, 2.75) is 42.6 Å². The molecular formula is C18H17F2N5O5S2. The van der Waals surface area contributed by atoms with E-state index in [-0.39, 0.29) is 17.4 Å². The molecule has 0 unspecified atom stereocenters. The zero-order valence-corrected chi connectivity index (χ0v) is 18.0. The van der Waals surface area contributed by atoms with E-state index in [1.165, 1.54) is 17.1 Å². The van der Waals surface area contributed by atoms with Gasteiger partial charge in [-0.25, -0.2) is 22.2 Å². The van der Waals surface area contributed by atoms with Crippen molar-refractivity contribution >= 4 is 33.0 Å². The largest absolute Gasteiger partial charge is 0.490 e. The summed E-state index contributed by atoms with van der Waals surface area (Å²) in [6.45, 7) is 0. The second kappa shape index (κ2) is 8.78. The van der Waals surface area contributed by atoms with E-state index in [0.29, 0.717) is 18.4 Å². The van der Waals surface area contributed by atoms with E-state index in [9.17, 15) is 27.3 Å². The van der Waals surface area contributed by atoms with Gasteiger partial charge < -0.3 is 14.9 Å². The fourth-order valence-corrected chi connectivity index (χ4v) is 5.47. The molecule has 1 fully saturated rings. The van der Waals surface area contributed by atoms with Crippen LogP contribution in [-0.4, -0.2) is 34.6 Å². The second-order valence-corrected chi connectivity index (χ2v) is 9.51. The van der Waals surface area contributed by atoms with E-state index in [1.807, 2.05) is 4.72 Å². The number of thiazole rings is 1. The molecule has 2 N–H and O–H groups in total. The van der Waals surface area contributed by atoms with Crippen LogP contribution < -0.4 is 9.46 Å². The summed E-state index contributed by atoms with van der Waals surface area (Å²) in [7, 11) is -4.55. The molecule has 0 aliphatic heterocycles. The quantitative estimate of drug-likeness (QED) is 0.381. The summed E-state index contributed by atoms with van der Waals surface area (Å²) in [6.07, 6.45) is 3.39. The first-order chi connectivity index (χ1) is 15.3. The molecule has 0 radical (unpaired) electrons. The van der Waals surface area contributed by atoms with Crippen LogP contribution >= 0.6 is 11.3 Å². The predicted molar refractivity (Wildman–Crippen MR) is 110 cm³/mol. The maximum absolute atomic E-state index is 14.7. The Balaban J connectivity index is 1.60. The number of H-pyrrole nitrogens is 1. The highest BCUT2D eigenvalue weighted by Crippen LogP contribution is 2.39. The van der Waals surface area contributed by atoms with Crippen LogP contribution in [0.5, 0.6) is 5.75 Å². The Morgan fingerprint density at radius 1 is 1.25 bits per heavy atom. The van der Waals surface area contributed by atoms with Gasteiger partial charge in [-0.05, 0) is 24.2 Å². The average Bonchev–Trinajstić information content (AvgIpc) is 3.39. The summed E-state index contributed by atoms with van der Waals surface area (Å²) in [5, 5.41) is 18.7. The van der Waals surface area contributed by atoms with Gasteiger partial charge in [0, 0.05) is 23.4 Å². The van der Waals surface area contributed by atoms with Crippen LogP contribution in [-0.2, 0) is 10.0 Å². The summed E-state index contributed by atoms with van der Waals surface area (Å²) in [5.41, 5.74) is 1.72. The first-order valence-corrected chi connectivity index (χ1v) is 11.9. The van der Waals surface area contributed by atoms with E-state index in [2.05, 4.69) is 15.2 Å². The van der Waals surface area contributed by atoms with Gasteiger partial charge in [0.05, 0.1) is 17.3 Å². The van der Waals surface area contributed by atoms with E-state index in [4.69, 9.17) is 4.74 Å². The van der Waals surface area contributed by atoms with Gasteiger partial charge in [0.2, 0.25) is 0 Å². The lowest BCUT2D eigenvalue weighted by atomic mass is 9.82. The molecule has 14 heteroatoms. The number of hydrogen-bond acceptors (Lipinski definition) is 8. The van der Waals surface area contributed by atoms with E-state index < -0.39 is 43.5 Å². The van der Waals surface area contributed by atoms with Gasteiger partial charge in [0.15, 0.2) is 10.7 Å². The number of aromatic amines is 1. The van der Waals surface area contributed by atoms with Crippen LogP contribution in [0.3, 0.4) is 0 Å². The zero-order valence-electron chi connectivity index (χ0n) is 16.3. The molecule has 1 aromatic carbocycles. The second-order valence-electron chi connectivity index (χ2n) is 7.17. The van der Waals surface area contributed by atoms with Gasteiger partial charge in [-0.15, -0.1) is 16.4 Å². The van der Waals surface area contributed by atoms with E-state index in [0.717, 1.165) is 36.3 Å². The fourth-order valence-electron chi connectivity index (χ4n) is 3.79. The number of sulfonamides is 1. The monoisotopic (exact) mass is 485 g/mol. The van der Waals surface area contributed by atoms with Gasteiger partial charge in [-0.3, -0.25) is 4.72 Å². The topological polar surface area (TPSA) is 140 Å². The summed E-state index contributed by atoms with van der Waals surface area (Å²) in [6, 6.07) is 1.57. The van der Waals surface area contributed by atoms with Crippen LogP contribution in [0.15, 0.2) is 34.1 Å². The van der Waals surface area contributed by atoms with Crippen molar-refractivity contribution in [2.75, 3.05) is 4.72 Å². The van der Waals surface area contributed by atoms with E-state index >= 15 is 0 Å². The van der Waals surface area contributed by atoms with Gasteiger partial charge in [-0.1, -0.05) is 11.5 Å². The number of benzene rings is 1. The molecule has 10 nitrogen and oxygen atoms in total. The fraction of sp³-hybridized carbons (Fsp3) is 0.333. The average molecular weight is 485 g/mol. The highest BCUT2D eigenvalue weighted by molar-refractivity contribution is 7.92. The molecule has 1 saturated carbocycles. The van der Waals surface area contributed by atoms with Crippen molar-refractivity contribution in [2.24, 2.45) is 0 Å². The molecule has 170 valence electrons. The molecule has 0 spiro atoms. The van der Waals surface area contributed by atoms with Gasteiger partial charge >= 0.3 is 5.82 Å². The molecule has 4 rings (SSSR count). The number of aromatic nitrogens is 3. The number of rotatable bonds is 7. The first kappa shape index (κ1) is 22.1. The third-order valence-corrected chi connectivity index (χ3v) is 7.12. The number of ether oxygens (including phenoxy) is 1. The summed E-state index contributed by atoms with van der Waals surface area (Å²) >= 11 is 1.11. The Kier molecular flexibility index (Phi) is 6.06. The lowest BCUT2D eigenvalue weighted by molar-refractivity contribution is -0.390. The number of nitro groups is 1. The minimum absolute atomic E-state index is 0.0547. The molecule has 2 atom stereocenters. The minimum Gasteiger partial charge on any atom is -0.490 e. The van der Waals surface area contributed by atoms with Gasteiger partial charge in [-0.2, -0.15) is 0 Å². The van der Waals surface area contributed by atoms with Gasteiger partial charge in [0.1, 0.15) is 23.5 Å². The number of nitrogens with zero attached hydrogens (tertiary/aromatic N) is 3. The van der Waals surface area contributed by atoms with Crippen molar-refractivity contribution in [3.8, 4) is 5.75 Å². The number of hydrogen-bond donors (Lipinski definition) is 2. The van der Waals surface area contributed by atoms with Crippen molar-refractivity contribution in [1.82, 2.24) is 15.2 Å². The normalized spacial score (nSPS) is 18.9. The number of anilines is 1. The van der Waals surface area contributed by atoms with Crippen LogP contribution in [0.1, 0.15) is 37.2 Å². The van der Waals surface area contributed by atoms with Crippen LogP contribution in [0.4, 0.5) is 20.4 Å². The molecule has 1 aliphatic carbocycles. The van der Waals surface area contributed by atoms with E-state index in [1.54, 1.807) is 0 Å². The Labute approximate surface area is 184 Å². The third kappa shape index (κ3) is 4.41. The van der Waals surface area contributed by atoms with Crippen molar-refractivity contribution in [3.63, 3.8) is 0 Å². The van der Waals surface area contributed by atoms with Gasteiger partial charge in [0.25, 0.3) is 10.0 Å². The summed E-state index contributed by atoms with van der Waals surface area (Å²) in [4.78, 5) is 13.3. The maximum Gasteiger partial charge on any atom is 0.346 e. The Hall–Kier alpha value is -3.13. The number of halogens is 2. The lowest BCUT2D eigenvalue weighted by Gasteiger charge is -2.31. The molecule has 0 saturated heterocycles. The lowest BCUT2D eigenvalue weighted by Crippen LogP contribution is -2.29. The SMILES string of the molecule is O=[N+]([O-])c1[nH]ncc1[C@H]1CCCC[C@@H]1Oc1cc(F)c(S(=O)(=O)Nc2cscn2)c(F)c1. The standard InChI is InChI=1S/C18H17F2N5O5S2/c19-13-5-10(6-14(20)17(13)32(28,29)24-16-8-31-9-21-16)30-15-4-2-1-3-11(15)12-7-22-23-18(12)25(26)27/h5-9,11,15,24H,1-4H2,(H,22,23)/t11-,15+/m1/s1. The van der Waals surface area contributed by atoms with Crippen LogP contribution in [0, 0.1) is 21.7 Å². The molecule has 0 bridgehead atoms. The smallest absolute Gasteiger partial charge is 0.346 e. The molecular weight excluding hydrogens is 468 g/mol. The molecule has 1 aliphatic rings. The number of nitrogens with one attached hydrogen (secondary N) is 2. The molecule has 2 heterocycles. The molecule has 2 aromatic heterocycles. The molecule has 3 aromatic rings. The van der Waals surface area contributed by atoms with Crippen molar-refractivity contribution in [3.05, 3.63) is 56.5 Å². The Morgan fingerprint density at radius 2 is 1.97 bits per heavy atom. The predicted octanol–water partition coefficient (Wildman–Crippen LogP) is 3.96. The Morgan fingerprint density at radius 3 is 2.62 bits per heavy atom. The molecule has 0 amide bonds. The molecule has 32 heavy (non-hydrogen) atoms. The minimum atomic E-state index is -4.55. The highest BCUT2D eigenvalue weighted by Gasteiger charge is 2.35. The maximum atomic E-state index is 14.7. The third-order valence-electron chi connectivity index (χ3n) is 5.13. The van der Waals surface area contributed by atoms with Crippen LogP contribution in [0.2, 0.25) is 0 Å². The van der Waals surface area contributed by atoms with Crippen molar-refractivity contribution in [1.29, 1.82) is 0 Å². The summed E-state index contributed by atoms with van der Waals surface area (Å²) < 4.78 is 62.0. The zero-order chi connectivity index (χ0) is 22.9. The van der Waals surface area contributed by atoms with Crippen molar-refractivity contribution < 1.29 is 26.9 Å². The van der Waals surface area contributed by atoms with Crippen LogP contribution in [0.25, 0.3) is 0 Å². The summed E-state index contributed by atoms with van der Waals surface area (Å²) in [5.74, 6) is -3.59. The Bertz CT molecular complexity index is 1210. The highest BCUT2D eigenvalue weighted by atomic mass is 32.2. The first-order valence-electron chi connectivity index (χ1n) is 9.50.